The van der Waals surface area contributed by atoms with Crippen molar-refractivity contribution in [2.24, 2.45) is 0 Å². The third-order valence-electron chi connectivity index (χ3n) is 3.37. The zero-order valence-electron chi connectivity index (χ0n) is 16.3. The minimum atomic E-state index is -1.58. The minimum Gasteiger partial charge on any atom is -0.127 e. The van der Waals surface area contributed by atoms with E-state index in [1.807, 2.05) is 6.08 Å². The number of allylic oxidation sites excluding steroid dienone is 3. The molecule has 0 fully saturated rings. The van der Waals surface area contributed by atoms with Crippen LogP contribution in [0.15, 0.2) is 47.7 Å². The van der Waals surface area contributed by atoms with Gasteiger partial charge < -0.3 is 0 Å². The van der Waals surface area contributed by atoms with Crippen molar-refractivity contribution in [3.63, 3.8) is 0 Å². The van der Waals surface area contributed by atoms with E-state index in [0.29, 0.717) is 0 Å². The molecule has 126 valence electrons. The van der Waals surface area contributed by atoms with Gasteiger partial charge in [0.2, 0.25) is 0 Å². The standard InChI is InChI=1S/C22H30Si2/c1-9-10-21(17-18-23(3,4)5)22(24(6,7)8)16-15-20-13-11-19(2)12-14-20/h9,11-14H,1,10H2,2-8H3/b22-21+. The minimum absolute atomic E-state index is 0.805. The van der Waals surface area contributed by atoms with E-state index in [9.17, 15) is 0 Å². The average molecular weight is 351 g/mol. The SMILES string of the molecule is C=CC/C(C#C[Si](C)(C)C)=C(/C#Cc1ccc(C)cc1)[Si](C)(C)C. The Bertz CT molecular complexity index is 728. The summed E-state index contributed by atoms with van der Waals surface area (Å²) in [5.41, 5.74) is 7.00. The topological polar surface area (TPSA) is 0 Å². The summed E-state index contributed by atoms with van der Waals surface area (Å²) in [6, 6.07) is 8.39. The van der Waals surface area contributed by atoms with E-state index in [1.165, 1.54) is 16.3 Å². The smallest absolute Gasteiger partial charge is 0.127 e. The molecule has 0 amide bonds. The lowest BCUT2D eigenvalue weighted by atomic mass is 10.1. The highest BCUT2D eigenvalue weighted by molar-refractivity contribution is 6.85. The van der Waals surface area contributed by atoms with Gasteiger partial charge in [-0.25, -0.2) is 0 Å². The van der Waals surface area contributed by atoms with E-state index in [0.717, 1.165) is 12.0 Å². The van der Waals surface area contributed by atoms with Crippen LogP contribution in [-0.4, -0.2) is 16.1 Å². The monoisotopic (exact) mass is 350 g/mol. The van der Waals surface area contributed by atoms with Crippen LogP contribution >= 0.6 is 0 Å². The van der Waals surface area contributed by atoms with Gasteiger partial charge in [-0.3, -0.25) is 0 Å². The zero-order chi connectivity index (χ0) is 18.4. The van der Waals surface area contributed by atoms with E-state index in [4.69, 9.17) is 0 Å². The molecule has 1 rings (SSSR count). The van der Waals surface area contributed by atoms with Crippen LogP contribution in [0.25, 0.3) is 0 Å². The predicted octanol–water partition coefficient (Wildman–Crippen LogP) is 5.98. The molecule has 0 radical (unpaired) electrons. The van der Waals surface area contributed by atoms with Gasteiger partial charge >= 0.3 is 0 Å². The molecule has 0 saturated carbocycles. The number of rotatable bonds is 3. The van der Waals surface area contributed by atoms with Crippen LogP contribution in [0.1, 0.15) is 17.5 Å². The van der Waals surface area contributed by atoms with Gasteiger partial charge in [0.25, 0.3) is 0 Å². The summed E-state index contributed by atoms with van der Waals surface area (Å²) >= 11 is 0. The first-order valence-corrected chi connectivity index (χ1v) is 15.5. The van der Waals surface area contributed by atoms with Crippen molar-refractivity contribution in [2.45, 2.75) is 52.6 Å². The summed E-state index contributed by atoms with van der Waals surface area (Å²) in [6.07, 6.45) is 2.75. The zero-order valence-corrected chi connectivity index (χ0v) is 18.3. The third kappa shape index (κ3) is 7.22. The van der Waals surface area contributed by atoms with Crippen molar-refractivity contribution in [3.8, 4) is 23.3 Å². The van der Waals surface area contributed by atoms with Crippen molar-refractivity contribution in [1.82, 2.24) is 0 Å². The second-order valence-corrected chi connectivity index (χ2v) is 18.0. The van der Waals surface area contributed by atoms with Crippen molar-refractivity contribution in [2.75, 3.05) is 0 Å². The summed E-state index contributed by atoms with van der Waals surface area (Å²) in [6.45, 7) is 19.9. The Hall–Kier alpha value is -1.75. The van der Waals surface area contributed by atoms with Gasteiger partial charge in [0, 0.05) is 11.1 Å². The second-order valence-electron chi connectivity index (χ2n) is 8.21. The van der Waals surface area contributed by atoms with Crippen molar-refractivity contribution in [1.29, 1.82) is 0 Å². The molecular formula is C22H30Si2. The van der Waals surface area contributed by atoms with Crippen LogP contribution in [0.5, 0.6) is 0 Å². The lowest BCUT2D eigenvalue weighted by molar-refractivity contribution is 1.30. The quantitative estimate of drug-likeness (QED) is 0.357. The summed E-state index contributed by atoms with van der Waals surface area (Å²) < 4.78 is 0. The van der Waals surface area contributed by atoms with Crippen LogP contribution < -0.4 is 0 Å². The van der Waals surface area contributed by atoms with Crippen LogP contribution in [0.3, 0.4) is 0 Å². The molecule has 0 saturated heterocycles. The van der Waals surface area contributed by atoms with E-state index >= 15 is 0 Å². The molecule has 0 aliphatic heterocycles. The van der Waals surface area contributed by atoms with Crippen molar-refractivity contribution < 1.29 is 0 Å². The lowest BCUT2D eigenvalue weighted by Gasteiger charge is -2.18. The fourth-order valence-electron chi connectivity index (χ4n) is 2.11. The molecule has 0 N–H and O–H groups in total. The first-order chi connectivity index (χ1) is 11.0. The number of hydrogen-bond donors (Lipinski definition) is 0. The van der Waals surface area contributed by atoms with Crippen LogP contribution in [0.2, 0.25) is 39.3 Å². The summed E-state index contributed by atoms with van der Waals surface area (Å²) in [5.74, 6) is 10.3. The molecule has 2 heteroatoms. The number of aryl methyl sites for hydroxylation is 1. The molecular weight excluding hydrogens is 320 g/mol. The normalized spacial score (nSPS) is 12.3. The Balaban J connectivity index is 3.43. The third-order valence-corrected chi connectivity index (χ3v) is 6.17. The second kappa shape index (κ2) is 8.38. The molecule has 1 aromatic rings. The Morgan fingerprint density at radius 2 is 1.58 bits per heavy atom. The molecule has 0 unspecified atom stereocenters. The van der Waals surface area contributed by atoms with Gasteiger partial charge in [-0.2, -0.15) is 0 Å². The molecule has 0 aliphatic carbocycles. The molecule has 0 heterocycles. The first-order valence-electron chi connectivity index (χ1n) is 8.49. The van der Waals surface area contributed by atoms with Crippen molar-refractivity contribution >= 4 is 16.1 Å². The Kier molecular flexibility index (Phi) is 7.09. The maximum absolute atomic E-state index is 3.91. The van der Waals surface area contributed by atoms with Gasteiger partial charge in [-0.1, -0.05) is 80.8 Å². The highest BCUT2D eigenvalue weighted by atomic mass is 28.3. The first kappa shape index (κ1) is 20.3. The highest BCUT2D eigenvalue weighted by Gasteiger charge is 2.21. The average Bonchev–Trinajstić information content (AvgIpc) is 2.44. The van der Waals surface area contributed by atoms with Gasteiger partial charge in [0.05, 0.1) is 8.07 Å². The molecule has 0 spiro atoms. The van der Waals surface area contributed by atoms with Crippen molar-refractivity contribution in [3.05, 3.63) is 58.8 Å². The van der Waals surface area contributed by atoms with E-state index in [-0.39, 0.29) is 0 Å². The Labute approximate surface area is 151 Å². The van der Waals surface area contributed by atoms with Gasteiger partial charge in [0.15, 0.2) is 0 Å². The number of hydrogen-bond acceptors (Lipinski definition) is 0. The summed E-state index contributed by atoms with van der Waals surface area (Å²) in [5, 5.41) is 1.26. The van der Waals surface area contributed by atoms with E-state index in [1.54, 1.807) is 0 Å². The number of benzene rings is 1. The molecule has 0 atom stereocenters. The largest absolute Gasteiger partial charge is 0.129 e. The molecule has 0 bridgehead atoms. The molecule has 24 heavy (non-hydrogen) atoms. The van der Waals surface area contributed by atoms with E-state index in [2.05, 4.69) is 100 Å². The molecule has 0 aromatic heterocycles. The summed E-state index contributed by atoms with van der Waals surface area (Å²) in [4.78, 5) is 0. The van der Waals surface area contributed by atoms with Crippen LogP contribution in [-0.2, 0) is 0 Å². The van der Waals surface area contributed by atoms with Crippen LogP contribution in [0.4, 0.5) is 0 Å². The fraction of sp³-hybridized carbons (Fsp3) is 0.364. The molecule has 0 aliphatic rings. The van der Waals surface area contributed by atoms with Gasteiger partial charge in [0.1, 0.15) is 8.07 Å². The molecule has 0 nitrogen and oxygen atoms in total. The molecule has 1 aromatic carbocycles. The Morgan fingerprint density at radius 1 is 1.00 bits per heavy atom. The van der Waals surface area contributed by atoms with Gasteiger partial charge in [-0.05, 0) is 30.7 Å². The summed E-state index contributed by atoms with van der Waals surface area (Å²) in [7, 11) is -2.99. The van der Waals surface area contributed by atoms with E-state index < -0.39 is 16.1 Å². The maximum atomic E-state index is 3.91. The van der Waals surface area contributed by atoms with Gasteiger partial charge in [-0.15, -0.1) is 12.1 Å². The predicted molar refractivity (Wildman–Crippen MR) is 114 cm³/mol. The maximum Gasteiger partial charge on any atom is 0.129 e. The fourth-order valence-corrected chi connectivity index (χ4v) is 4.14. The van der Waals surface area contributed by atoms with Crippen LogP contribution in [0, 0.1) is 30.2 Å². The Morgan fingerprint density at radius 3 is 2.04 bits per heavy atom. The lowest BCUT2D eigenvalue weighted by Crippen LogP contribution is -2.25. The highest BCUT2D eigenvalue weighted by Crippen LogP contribution is 2.21.